The standard InChI is InChI=1S/C12H13ClFNO4S/c13-9-7-8(14)4-5-11(9)20(18,19)15-6-2-1-3-10(15)12(16)17/h4-5,7,10H,1-3,6H2,(H,16,17)/t10-/m1/s1. The third-order valence-corrected chi connectivity index (χ3v) is 5.61. The topological polar surface area (TPSA) is 74.7 Å². The van der Waals surface area contributed by atoms with Crippen LogP contribution < -0.4 is 0 Å². The van der Waals surface area contributed by atoms with E-state index in [0.29, 0.717) is 12.8 Å². The number of hydrogen-bond acceptors (Lipinski definition) is 3. The molecule has 1 atom stereocenters. The molecule has 0 unspecified atom stereocenters. The first kappa shape index (κ1) is 15.2. The molecule has 0 bridgehead atoms. The first-order valence-corrected chi connectivity index (χ1v) is 7.85. The van der Waals surface area contributed by atoms with Gasteiger partial charge in [0.15, 0.2) is 0 Å². The van der Waals surface area contributed by atoms with E-state index in [1.54, 1.807) is 0 Å². The smallest absolute Gasteiger partial charge is 0.322 e. The first-order valence-electron chi connectivity index (χ1n) is 6.04. The van der Waals surface area contributed by atoms with Crippen molar-refractivity contribution in [1.29, 1.82) is 0 Å². The number of carbonyl (C=O) groups is 1. The quantitative estimate of drug-likeness (QED) is 0.925. The number of hydrogen-bond donors (Lipinski definition) is 1. The number of halogens is 2. The van der Waals surface area contributed by atoms with Gasteiger partial charge in [-0.1, -0.05) is 11.6 Å². The van der Waals surface area contributed by atoms with Crippen LogP contribution in [0.25, 0.3) is 0 Å². The van der Waals surface area contributed by atoms with Gasteiger partial charge in [-0.25, -0.2) is 12.8 Å². The predicted octanol–water partition coefficient (Wildman–Crippen LogP) is 2.11. The molecule has 1 aromatic rings. The molecule has 0 spiro atoms. The molecule has 1 saturated heterocycles. The molecule has 1 N–H and O–H groups in total. The summed E-state index contributed by atoms with van der Waals surface area (Å²) >= 11 is 5.77. The van der Waals surface area contributed by atoms with Gasteiger partial charge in [-0.2, -0.15) is 4.31 Å². The lowest BCUT2D eigenvalue weighted by Crippen LogP contribution is -2.47. The Hall–Kier alpha value is -1.18. The lowest BCUT2D eigenvalue weighted by Gasteiger charge is -2.32. The number of rotatable bonds is 3. The Bertz CT molecular complexity index is 634. The second-order valence-corrected chi connectivity index (χ2v) is 6.81. The number of carboxylic acids is 1. The van der Waals surface area contributed by atoms with Crippen molar-refractivity contribution < 1.29 is 22.7 Å². The number of benzene rings is 1. The van der Waals surface area contributed by atoms with Crippen LogP contribution in [0, 0.1) is 5.82 Å². The van der Waals surface area contributed by atoms with Crippen LogP contribution in [0.3, 0.4) is 0 Å². The average molecular weight is 322 g/mol. The summed E-state index contributed by atoms with van der Waals surface area (Å²) in [4.78, 5) is 10.9. The van der Waals surface area contributed by atoms with Crippen LogP contribution in [0.5, 0.6) is 0 Å². The molecular formula is C12H13ClFNO4S. The maximum Gasteiger partial charge on any atom is 0.322 e. The van der Waals surface area contributed by atoms with E-state index < -0.39 is 27.9 Å². The first-order chi connectivity index (χ1) is 9.34. The zero-order valence-electron chi connectivity index (χ0n) is 10.4. The summed E-state index contributed by atoms with van der Waals surface area (Å²) in [7, 11) is -4.05. The van der Waals surface area contributed by atoms with E-state index in [9.17, 15) is 17.6 Å². The van der Waals surface area contributed by atoms with Gasteiger partial charge < -0.3 is 5.11 Å². The van der Waals surface area contributed by atoms with E-state index in [1.165, 1.54) is 0 Å². The molecule has 1 heterocycles. The minimum absolute atomic E-state index is 0.118. The van der Waals surface area contributed by atoms with Gasteiger partial charge in [-0.15, -0.1) is 0 Å². The Balaban J connectivity index is 2.45. The third-order valence-electron chi connectivity index (χ3n) is 3.22. The third kappa shape index (κ3) is 2.79. The monoisotopic (exact) mass is 321 g/mol. The maximum absolute atomic E-state index is 13.0. The van der Waals surface area contributed by atoms with Crippen molar-refractivity contribution in [2.24, 2.45) is 0 Å². The van der Waals surface area contributed by atoms with Crippen LogP contribution in [0.15, 0.2) is 23.1 Å². The largest absolute Gasteiger partial charge is 0.480 e. The Morgan fingerprint density at radius 3 is 2.70 bits per heavy atom. The van der Waals surface area contributed by atoms with E-state index >= 15 is 0 Å². The number of piperidine rings is 1. The van der Waals surface area contributed by atoms with Crippen molar-refractivity contribution in [2.75, 3.05) is 6.54 Å². The van der Waals surface area contributed by atoms with Crippen molar-refractivity contribution >= 4 is 27.6 Å². The number of sulfonamides is 1. The highest BCUT2D eigenvalue weighted by atomic mass is 35.5. The van der Waals surface area contributed by atoms with Crippen molar-refractivity contribution in [2.45, 2.75) is 30.2 Å². The minimum atomic E-state index is -4.05. The highest BCUT2D eigenvalue weighted by molar-refractivity contribution is 7.89. The van der Waals surface area contributed by atoms with Crippen LogP contribution in [-0.4, -0.2) is 36.4 Å². The van der Waals surface area contributed by atoms with Gasteiger partial charge in [0.2, 0.25) is 10.0 Å². The van der Waals surface area contributed by atoms with Crippen LogP contribution in [0.2, 0.25) is 5.02 Å². The Morgan fingerprint density at radius 1 is 1.40 bits per heavy atom. The Morgan fingerprint density at radius 2 is 2.10 bits per heavy atom. The zero-order chi connectivity index (χ0) is 14.9. The van der Waals surface area contributed by atoms with Gasteiger partial charge in [0, 0.05) is 6.54 Å². The summed E-state index contributed by atoms with van der Waals surface area (Å²) in [5, 5.41) is 8.88. The number of aliphatic carboxylic acids is 1. The molecule has 0 saturated carbocycles. The van der Waals surface area contributed by atoms with Crippen molar-refractivity contribution in [3.05, 3.63) is 29.0 Å². The SMILES string of the molecule is O=C(O)[C@H]1CCCCN1S(=O)(=O)c1ccc(F)cc1Cl. The van der Waals surface area contributed by atoms with Gasteiger partial charge in [-0.05, 0) is 37.5 Å². The Labute approximate surface area is 121 Å². The second-order valence-electron chi connectivity index (χ2n) is 4.54. The van der Waals surface area contributed by atoms with Crippen LogP contribution in [0.4, 0.5) is 4.39 Å². The van der Waals surface area contributed by atoms with Gasteiger partial charge in [0.05, 0.1) is 5.02 Å². The fourth-order valence-corrected chi connectivity index (χ4v) is 4.41. The van der Waals surface area contributed by atoms with E-state index in [0.717, 1.165) is 22.5 Å². The number of nitrogens with zero attached hydrogens (tertiary/aromatic N) is 1. The van der Waals surface area contributed by atoms with E-state index in [2.05, 4.69) is 0 Å². The van der Waals surface area contributed by atoms with Gasteiger partial charge in [-0.3, -0.25) is 4.79 Å². The molecule has 0 aromatic heterocycles. The normalized spacial score (nSPS) is 20.8. The van der Waals surface area contributed by atoms with Gasteiger partial charge in [0.1, 0.15) is 16.8 Å². The number of carboxylic acid groups (broad SMARTS) is 1. The van der Waals surface area contributed by atoms with Crippen LogP contribution in [-0.2, 0) is 14.8 Å². The molecule has 0 aliphatic carbocycles. The highest BCUT2D eigenvalue weighted by Gasteiger charge is 2.38. The Kier molecular flexibility index (Phi) is 4.31. The molecule has 1 aliphatic rings. The van der Waals surface area contributed by atoms with Gasteiger partial charge in [0.25, 0.3) is 0 Å². The fraction of sp³-hybridized carbons (Fsp3) is 0.417. The summed E-state index contributed by atoms with van der Waals surface area (Å²) in [5.74, 6) is -1.84. The average Bonchev–Trinajstić information content (AvgIpc) is 2.38. The zero-order valence-corrected chi connectivity index (χ0v) is 12.0. The molecule has 20 heavy (non-hydrogen) atoms. The van der Waals surface area contributed by atoms with Crippen LogP contribution >= 0.6 is 11.6 Å². The molecular weight excluding hydrogens is 309 g/mol. The van der Waals surface area contributed by atoms with Crippen molar-refractivity contribution in [3.63, 3.8) is 0 Å². The van der Waals surface area contributed by atoms with Gasteiger partial charge >= 0.3 is 5.97 Å². The van der Waals surface area contributed by atoms with Crippen molar-refractivity contribution in [1.82, 2.24) is 4.31 Å². The fourth-order valence-electron chi connectivity index (χ4n) is 2.25. The lowest BCUT2D eigenvalue weighted by molar-refractivity contribution is -0.142. The highest BCUT2D eigenvalue weighted by Crippen LogP contribution is 2.30. The summed E-state index contributed by atoms with van der Waals surface area (Å²) in [6.45, 7) is 0.118. The summed E-state index contributed by atoms with van der Waals surface area (Å²) in [6, 6.07) is 1.84. The lowest BCUT2D eigenvalue weighted by atomic mass is 10.1. The summed E-state index contributed by atoms with van der Waals surface area (Å²) in [5.41, 5.74) is 0. The summed E-state index contributed by atoms with van der Waals surface area (Å²) in [6.07, 6.45) is 1.50. The van der Waals surface area contributed by atoms with E-state index in [1.807, 2.05) is 0 Å². The molecule has 1 aromatic carbocycles. The van der Waals surface area contributed by atoms with Crippen molar-refractivity contribution in [3.8, 4) is 0 Å². The van der Waals surface area contributed by atoms with Crippen LogP contribution in [0.1, 0.15) is 19.3 Å². The molecule has 5 nitrogen and oxygen atoms in total. The predicted molar refractivity (Wildman–Crippen MR) is 70.6 cm³/mol. The molecule has 2 rings (SSSR count). The molecule has 1 fully saturated rings. The minimum Gasteiger partial charge on any atom is -0.480 e. The molecule has 0 radical (unpaired) electrons. The summed E-state index contributed by atoms with van der Waals surface area (Å²) < 4.78 is 38.9. The van der Waals surface area contributed by atoms with E-state index in [4.69, 9.17) is 16.7 Å². The molecule has 8 heteroatoms. The molecule has 1 aliphatic heterocycles. The molecule has 0 amide bonds. The second kappa shape index (κ2) is 5.67. The maximum atomic E-state index is 13.0. The molecule has 110 valence electrons. The van der Waals surface area contributed by atoms with E-state index in [-0.39, 0.29) is 22.9 Å².